The van der Waals surface area contributed by atoms with Crippen LogP contribution in [-0.4, -0.2) is 35.4 Å². The largest absolute Gasteiger partial charge is 0.459 e. The van der Waals surface area contributed by atoms with Crippen LogP contribution in [0, 0.1) is 0 Å². The number of hydrogen-bond acceptors (Lipinski definition) is 4. The first kappa shape index (κ1) is 16.7. The van der Waals surface area contributed by atoms with Crippen molar-refractivity contribution >= 4 is 5.97 Å². The van der Waals surface area contributed by atoms with Crippen LogP contribution in [0.4, 0.5) is 0 Å². The number of nitrogens with one attached hydrogen (secondary N) is 1. The van der Waals surface area contributed by atoms with Crippen LogP contribution in [0.5, 0.6) is 0 Å². The van der Waals surface area contributed by atoms with E-state index in [0.29, 0.717) is 6.42 Å². The first-order valence-electron chi connectivity index (χ1n) is 6.95. The number of benzene rings is 1. The van der Waals surface area contributed by atoms with E-state index in [1.54, 1.807) is 6.92 Å². The molecule has 1 aromatic carbocycles. The van der Waals surface area contributed by atoms with E-state index in [0.717, 1.165) is 5.56 Å². The molecule has 0 aromatic heterocycles. The summed E-state index contributed by atoms with van der Waals surface area (Å²) in [5.74, 6) is -0.302. The zero-order valence-electron chi connectivity index (χ0n) is 12.7. The molecule has 0 amide bonds. The molecule has 0 aliphatic rings. The Labute approximate surface area is 121 Å². The fraction of sp³-hybridized carbons (Fsp3) is 0.562. The lowest BCUT2D eigenvalue weighted by molar-refractivity contribution is -0.157. The lowest BCUT2D eigenvalue weighted by atomic mass is 10.1. The molecule has 1 aromatic rings. The van der Waals surface area contributed by atoms with Crippen molar-refractivity contribution in [2.45, 2.75) is 51.8 Å². The summed E-state index contributed by atoms with van der Waals surface area (Å²) in [5.41, 5.74) is 0.622. The molecule has 0 bridgehead atoms. The molecule has 0 heterocycles. The molecule has 0 fully saturated rings. The summed E-state index contributed by atoms with van der Waals surface area (Å²) in [6, 6.07) is 9.26. The lowest BCUT2D eigenvalue weighted by Gasteiger charge is -2.25. The molecule has 1 rings (SSSR count). The van der Waals surface area contributed by atoms with Gasteiger partial charge in [-0.2, -0.15) is 0 Å². The first-order chi connectivity index (χ1) is 9.31. The standard InChI is InChI=1S/C16H25NO3/c1-12(15(19)20-16(2,3)4)17-14(11-18)10-13-8-6-5-7-9-13/h5-9,12,14,17-18H,10-11H2,1-4H3. The van der Waals surface area contributed by atoms with Crippen LogP contribution in [0.2, 0.25) is 0 Å². The van der Waals surface area contributed by atoms with Gasteiger partial charge in [-0.3, -0.25) is 10.1 Å². The summed E-state index contributed by atoms with van der Waals surface area (Å²) in [7, 11) is 0. The summed E-state index contributed by atoms with van der Waals surface area (Å²) in [4.78, 5) is 11.9. The number of carbonyl (C=O) groups excluding carboxylic acids is 1. The predicted octanol–water partition coefficient (Wildman–Crippen LogP) is 1.91. The smallest absolute Gasteiger partial charge is 0.323 e. The Bertz CT molecular complexity index is 411. The van der Waals surface area contributed by atoms with Crippen molar-refractivity contribution in [2.24, 2.45) is 0 Å². The second-order valence-electron chi connectivity index (χ2n) is 5.99. The number of ether oxygens (including phenoxy) is 1. The van der Waals surface area contributed by atoms with Crippen molar-refractivity contribution < 1.29 is 14.6 Å². The maximum atomic E-state index is 11.9. The topological polar surface area (TPSA) is 58.6 Å². The summed E-state index contributed by atoms with van der Waals surface area (Å²) in [6.45, 7) is 7.24. The molecular weight excluding hydrogens is 254 g/mol. The third kappa shape index (κ3) is 6.17. The van der Waals surface area contributed by atoms with Gasteiger partial charge >= 0.3 is 5.97 Å². The third-order valence-corrected chi connectivity index (χ3v) is 2.79. The Morgan fingerprint density at radius 2 is 1.90 bits per heavy atom. The van der Waals surface area contributed by atoms with E-state index >= 15 is 0 Å². The van der Waals surface area contributed by atoms with Crippen LogP contribution in [0.15, 0.2) is 30.3 Å². The Hall–Kier alpha value is -1.39. The molecule has 0 spiro atoms. The average Bonchev–Trinajstić information content (AvgIpc) is 2.37. The predicted molar refractivity (Wildman–Crippen MR) is 79.5 cm³/mol. The highest BCUT2D eigenvalue weighted by Gasteiger charge is 2.23. The van der Waals surface area contributed by atoms with Gasteiger partial charge < -0.3 is 9.84 Å². The molecule has 2 unspecified atom stereocenters. The quantitative estimate of drug-likeness (QED) is 0.781. The Kier molecular flexibility index (Phi) is 6.17. The number of carbonyl (C=O) groups is 1. The van der Waals surface area contributed by atoms with Crippen molar-refractivity contribution in [3.63, 3.8) is 0 Å². The minimum absolute atomic E-state index is 0.0258. The van der Waals surface area contributed by atoms with Crippen molar-refractivity contribution in [2.75, 3.05) is 6.61 Å². The van der Waals surface area contributed by atoms with Crippen molar-refractivity contribution in [1.82, 2.24) is 5.32 Å². The maximum Gasteiger partial charge on any atom is 0.323 e. The van der Waals surface area contributed by atoms with Gasteiger partial charge in [-0.05, 0) is 39.7 Å². The van der Waals surface area contributed by atoms with Crippen LogP contribution in [-0.2, 0) is 16.0 Å². The van der Waals surface area contributed by atoms with Gasteiger partial charge in [0.2, 0.25) is 0 Å². The lowest BCUT2D eigenvalue weighted by Crippen LogP contribution is -2.46. The van der Waals surface area contributed by atoms with Gasteiger partial charge in [0.05, 0.1) is 6.61 Å². The highest BCUT2D eigenvalue weighted by molar-refractivity contribution is 5.75. The van der Waals surface area contributed by atoms with Crippen LogP contribution >= 0.6 is 0 Å². The number of aliphatic hydroxyl groups is 1. The molecule has 0 aliphatic carbocycles. The minimum atomic E-state index is -0.499. The van der Waals surface area contributed by atoms with Gasteiger partial charge in [-0.25, -0.2) is 0 Å². The fourth-order valence-corrected chi connectivity index (χ4v) is 1.89. The number of esters is 1. The van der Waals surface area contributed by atoms with Crippen LogP contribution in [0.25, 0.3) is 0 Å². The molecule has 0 saturated heterocycles. The molecule has 4 heteroatoms. The number of aliphatic hydroxyl groups excluding tert-OH is 1. The SMILES string of the molecule is CC(NC(CO)Cc1ccccc1)C(=O)OC(C)(C)C. The summed E-state index contributed by atoms with van der Waals surface area (Å²) in [5, 5.41) is 12.5. The van der Waals surface area contributed by atoms with E-state index in [1.165, 1.54) is 0 Å². The monoisotopic (exact) mass is 279 g/mol. The molecule has 0 radical (unpaired) electrons. The van der Waals surface area contributed by atoms with Gasteiger partial charge in [-0.15, -0.1) is 0 Å². The number of rotatable bonds is 6. The van der Waals surface area contributed by atoms with Gasteiger partial charge in [0.1, 0.15) is 11.6 Å². The summed E-state index contributed by atoms with van der Waals surface area (Å²) >= 11 is 0. The molecule has 2 atom stereocenters. The minimum Gasteiger partial charge on any atom is -0.459 e. The highest BCUT2D eigenvalue weighted by atomic mass is 16.6. The number of hydrogen-bond donors (Lipinski definition) is 2. The Morgan fingerprint density at radius 3 is 2.40 bits per heavy atom. The van der Waals surface area contributed by atoms with Crippen molar-refractivity contribution in [3.05, 3.63) is 35.9 Å². The van der Waals surface area contributed by atoms with E-state index in [-0.39, 0.29) is 18.6 Å². The molecular formula is C16H25NO3. The van der Waals surface area contributed by atoms with Gasteiger partial charge in [0.25, 0.3) is 0 Å². The van der Waals surface area contributed by atoms with Crippen molar-refractivity contribution in [1.29, 1.82) is 0 Å². The average molecular weight is 279 g/mol. The molecule has 2 N–H and O–H groups in total. The van der Waals surface area contributed by atoms with E-state index in [2.05, 4.69) is 5.32 Å². The van der Waals surface area contributed by atoms with Crippen molar-refractivity contribution in [3.8, 4) is 0 Å². The molecule has 4 nitrogen and oxygen atoms in total. The third-order valence-electron chi connectivity index (χ3n) is 2.79. The highest BCUT2D eigenvalue weighted by Crippen LogP contribution is 2.09. The second kappa shape index (κ2) is 7.41. The normalized spacial score (nSPS) is 14.7. The molecule has 20 heavy (non-hydrogen) atoms. The summed E-state index contributed by atoms with van der Waals surface area (Å²) in [6.07, 6.45) is 0.671. The summed E-state index contributed by atoms with van der Waals surface area (Å²) < 4.78 is 5.31. The molecule has 0 aliphatic heterocycles. The van der Waals surface area contributed by atoms with Gasteiger partial charge in [0.15, 0.2) is 0 Å². The Morgan fingerprint density at radius 1 is 1.30 bits per heavy atom. The van der Waals surface area contributed by atoms with E-state index < -0.39 is 11.6 Å². The zero-order chi connectivity index (χ0) is 15.2. The van der Waals surface area contributed by atoms with E-state index in [9.17, 15) is 9.90 Å². The van der Waals surface area contributed by atoms with Crippen LogP contribution < -0.4 is 5.32 Å². The molecule has 0 saturated carbocycles. The first-order valence-corrected chi connectivity index (χ1v) is 6.95. The van der Waals surface area contributed by atoms with Crippen LogP contribution in [0.3, 0.4) is 0 Å². The van der Waals surface area contributed by atoms with Crippen LogP contribution in [0.1, 0.15) is 33.3 Å². The zero-order valence-corrected chi connectivity index (χ0v) is 12.7. The molecule has 112 valence electrons. The fourth-order valence-electron chi connectivity index (χ4n) is 1.89. The maximum absolute atomic E-state index is 11.9. The Balaban J connectivity index is 2.53. The second-order valence-corrected chi connectivity index (χ2v) is 5.99. The van der Waals surface area contributed by atoms with E-state index in [1.807, 2.05) is 51.1 Å². The van der Waals surface area contributed by atoms with Gasteiger partial charge in [-0.1, -0.05) is 30.3 Å². The van der Waals surface area contributed by atoms with Gasteiger partial charge in [0, 0.05) is 6.04 Å². The van der Waals surface area contributed by atoms with E-state index in [4.69, 9.17) is 4.74 Å².